The van der Waals surface area contributed by atoms with Crippen LogP contribution in [0.15, 0.2) is 60.7 Å². The van der Waals surface area contributed by atoms with Gasteiger partial charge in [0.05, 0.1) is 32.7 Å². The van der Waals surface area contributed by atoms with Crippen LogP contribution in [0.2, 0.25) is 0 Å². The van der Waals surface area contributed by atoms with Gasteiger partial charge in [0, 0.05) is 37.3 Å². The van der Waals surface area contributed by atoms with Crippen molar-refractivity contribution in [3.8, 4) is 22.6 Å². The number of anilines is 2. The molecule has 0 spiro atoms. The average Bonchev–Trinajstić information content (AvgIpc) is 3.37. The summed E-state index contributed by atoms with van der Waals surface area (Å²) >= 11 is 0. The summed E-state index contributed by atoms with van der Waals surface area (Å²) in [6.45, 7) is 2.35. The molecule has 3 aromatic rings. The second-order valence-corrected chi connectivity index (χ2v) is 12.0. The third kappa shape index (κ3) is 7.89. The molecule has 9 nitrogen and oxygen atoms in total. The number of carbonyl (C=O) groups is 2. The van der Waals surface area contributed by atoms with Gasteiger partial charge in [-0.25, -0.2) is 4.79 Å². The minimum Gasteiger partial charge on any atom is -0.493 e. The Balaban J connectivity index is 1.44. The summed E-state index contributed by atoms with van der Waals surface area (Å²) in [5, 5.41) is 3.20. The monoisotopic (exact) mass is 614 g/mol. The zero-order chi connectivity index (χ0) is 31.8. The molecule has 2 aliphatic rings. The summed E-state index contributed by atoms with van der Waals surface area (Å²) in [6.07, 6.45) is 7.90. The van der Waals surface area contributed by atoms with Crippen LogP contribution >= 0.6 is 0 Å². The van der Waals surface area contributed by atoms with E-state index in [0.29, 0.717) is 23.6 Å². The van der Waals surface area contributed by atoms with Gasteiger partial charge >= 0.3 is 6.09 Å². The number of ether oxygens (including phenoxy) is 3. The lowest BCUT2D eigenvalue weighted by Gasteiger charge is -2.35. The molecule has 0 bridgehead atoms. The first kappa shape index (κ1) is 32.2. The molecule has 1 aliphatic carbocycles. The van der Waals surface area contributed by atoms with Crippen molar-refractivity contribution in [3.63, 3.8) is 0 Å². The largest absolute Gasteiger partial charge is 0.493 e. The number of rotatable bonds is 9. The van der Waals surface area contributed by atoms with Gasteiger partial charge in [-0.05, 0) is 91.6 Å². The highest BCUT2D eigenvalue weighted by atomic mass is 16.5. The standard InChI is InChI=1S/C36H46N4O5/c1-43-33-18-12-28(23-34(33)44-2)35(41)38-31-22-27(11-17-32(31)39-19-6-4-5-7-20-39)26-10-8-9-25(21-26)24-40(36(42)45-3)30-15-13-29(37)14-16-30/h8-12,17-18,21-23,29-30H,4-7,13-16,19-20,24,37H2,1-3H3,(H,38,41). The first-order valence-corrected chi connectivity index (χ1v) is 16.0. The van der Waals surface area contributed by atoms with E-state index in [9.17, 15) is 9.59 Å². The molecule has 0 radical (unpaired) electrons. The first-order valence-electron chi connectivity index (χ1n) is 16.0. The normalized spacial score (nSPS) is 18.4. The van der Waals surface area contributed by atoms with Gasteiger partial charge in [-0.3, -0.25) is 4.79 Å². The van der Waals surface area contributed by atoms with Crippen LogP contribution < -0.4 is 25.4 Å². The smallest absolute Gasteiger partial charge is 0.410 e. The average molecular weight is 615 g/mol. The minimum atomic E-state index is -0.317. The Morgan fingerprint density at radius 3 is 2.24 bits per heavy atom. The second kappa shape index (κ2) is 15.2. The van der Waals surface area contributed by atoms with Crippen LogP contribution in [0.4, 0.5) is 16.2 Å². The molecule has 0 aromatic heterocycles. The van der Waals surface area contributed by atoms with Crippen LogP contribution in [0.25, 0.3) is 11.1 Å². The van der Waals surface area contributed by atoms with E-state index in [4.69, 9.17) is 19.9 Å². The van der Waals surface area contributed by atoms with E-state index in [1.54, 1.807) is 32.4 Å². The molecule has 5 rings (SSSR count). The van der Waals surface area contributed by atoms with Crippen molar-refractivity contribution in [1.29, 1.82) is 0 Å². The van der Waals surface area contributed by atoms with Crippen LogP contribution in [0, 0.1) is 0 Å². The Morgan fingerprint density at radius 1 is 0.844 bits per heavy atom. The Kier molecular flexibility index (Phi) is 10.8. The summed E-state index contributed by atoms with van der Waals surface area (Å²) in [6, 6.07) is 20.0. The van der Waals surface area contributed by atoms with Crippen molar-refractivity contribution in [2.24, 2.45) is 5.73 Å². The molecule has 240 valence electrons. The predicted octanol–water partition coefficient (Wildman–Crippen LogP) is 6.84. The molecule has 1 heterocycles. The number of amides is 2. The maximum atomic E-state index is 13.6. The highest BCUT2D eigenvalue weighted by molar-refractivity contribution is 6.06. The lowest BCUT2D eigenvalue weighted by Crippen LogP contribution is -2.43. The molecule has 2 amide bonds. The summed E-state index contributed by atoms with van der Waals surface area (Å²) in [7, 11) is 4.57. The molecule has 1 saturated heterocycles. The fraction of sp³-hybridized carbons (Fsp3) is 0.444. The highest BCUT2D eigenvalue weighted by Gasteiger charge is 2.28. The third-order valence-corrected chi connectivity index (χ3v) is 9.04. The van der Waals surface area contributed by atoms with Gasteiger partial charge in [-0.15, -0.1) is 0 Å². The quantitative estimate of drug-likeness (QED) is 0.272. The number of benzene rings is 3. The Morgan fingerprint density at radius 2 is 1.56 bits per heavy atom. The number of nitrogens with zero attached hydrogens (tertiary/aromatic N) is 2. The maximum absolute atomic E-state index is 13.6. The van der Waals surface area contributed by atoms with Gasteiger partial charge in [-0.1, -0.05) is 37.1 Å². The molecule has 1 saturated carbocycles. The van der Waals surface area contributed by atoms with Gasteiger partial charge in [0.15, 0.2) is 11.5 Å². The molecule has 1 aliphatic heterocycles. The molecule has 0 atom stereocenters. The van der Waals surface area contributed by atoms with E-state index in [1.807, 2.05) is 17.0 Å². The first-order chi connectivity index (χ1) is 21.9. The summed E-state index contributed by atoms with van der Waals surface area (Å²) < 4.78 is 16.0. The van der Waals surface area contributed by atoms with Crippen molar-refractivity contribution < 1.29 is 23.8 Å². The number of hydrogen-bond acceptors (Lipinski definition) is 7. The predicted molar refractivity (Wildman–Crippen MR) is 178 cm³/mol. The van der Waals surface area contributed by atoms with E-state index in [1.165, 1.54) is 20.0 Å². The summed E-state index contributed by atoms with van der Waals surface area (Å²) in [5.41, 5.74) is 11.4. The van der Waals surface area contributed by atoms with Crippen molar-refractivity contribution in [3.05, 3.63) is 71.8 Å². The van der Waals surface area contributed by atoms with Crippen molar-refractivity contribution in [1.82, 2.24) is 4.90 Å². The van der Waals surface area contributed by atoms with E-state index >= 15 is 0 Å². The molecule has 3 aromatic carbocycles. The third-order valence-electron chi connectivity index (χ3n) is 9.04. The van der Waals surface area contributed by atoms with Gasteiger partial charge in [0.2, 0.25) is 0 Å². The molecule has 9 heteroatoms. The molecular formula is C36H46N4O5. The van der Waals surface area contributed by atoms with Gasteiger partial charge in [0.1, 0.15) is 0 Å². The second-order valence-electron chi connectivity index (χ2n) is 12.0. The van der Waals surface area contributed by atoms with Gasteiger partial charge in [0.25, 0.3) is 5.91 Å². The number of carbonyl (C=O) groups excluding carboxylic acids is 2. The molecule has 45 heavy (non-hydrogen) atoms. The van der Waals surface area contributed by atoms with Crippen LogP contribution in [-0.4, -0.2) is 63.4 Å². The Hall–Kier alpha value is -4.24. The number of nitrogens with two attached hydrogens (primary N) is 1. The number of nitrogens with one attached hydrogen (secondary N) is 1. The SMILES string of the molecule is COC(=O)N(Cc1cccc(-c2ccc(N3CCCCCC3)c(NC(=O)c3ccc(OC)c(OC)c3)c2)c1)C1CCC(N)CC1. The number of methoxy groups -OCH3 is 3. The van der Waals surface area contributed by atoms with Crippen LogP contribution in [0.1, 0.15) is 67.3 Å². The van der Waals surface area contributed by atoms with Gasteiger partial charge < -0.3 is 35.1 Å². The summed E-state index contributed by atoms with van der Waals surface area (Å²) in [5.74, 6) is 0.846. The van der Waals surface area contributed by atoms with Crippen molar-refractivity contribution in [2.45, 2.75) is 70.0 Å². The maximum Gasteiger partial charge on any atom is 0.410 e. The lowest BCUT2D eigenvalue weighted by molar-refractivity contribution is 0.0879. The van der Waals surface area contributed by atoms with Crippen LogP contribution in [-0.2, 0) is 11.3 Å². The fourth-order valence-electron chi connectivity index (χ4n) is 6.49. The Labute approximate surface area is 266 Å². The minimum absolute atomic E-state index is 0.104. The van der Waals surface area contributed by atoms with Crippen molar-refractivity contribution in [2.75, 3.05) is 44.6 Å². The molecule has 3 N–H and O–H groups in total. The van der Waals surface area contributed by atoms with Crippen LogP contribution in [0.5, 0.6) is 11.5 Å². The lowest BCUT2D eigenvalue weighted by atomic mass is 9.90. The van der Waals surface area contributed by atoms with E-state index in [2.05, 4.69) is 40.5 Å². The molecule has 2 fully saturated rings. The van der Waals surface area contributed by atoms with E-state index in [0.717, 1.165) is 79.7 Å². The van der Waals surface area contributed by atoms with Gasteiger partial charge in [-0.2, -0.15) is 0 Å². The molecule has 0 unspecified atom stereocenters. The molecular weight excluding hydrogens is 568 g/mol. The van der Waals surface area contributed by atoms with Crippen molar-refractivity contribution >= 4 is 23.4 Å². The fourth-order valence-corrected chi connectivity index (χ4v) is 6.49. The summed E-state index contributed by atoms with van der Waals surface area (Å²) in [4.78, 5) is 30.6. The van der Waals surface area contributed by atoms with E-state index in [-0.39, 0.29) is 24.1 Å². The number of hydrogen-bond donors (Lipinski definition) is 2. The topological polar surface area (TPSA) is 106 Å². The zero-order valence-corrected chi connectivity index (χ0v) is 26.7. The highest BCUT2D eigenvalue weighted by Crippen LogP contribution is 2.35. The zero-order valence-electron chi connectivity index (χ0n) is 26.7. The Bertz CT molecular complexity index is 1460. The van der Waals surface area contributed by atoms with Crippen LogP contribution in [0.3, 0.4) is 0 Å². The van der Waals surface area contributed by atoms with E-state index < -0.39 is 0 Å².